The molecule has 0 fully saturated rings. The fourth-order valence-electron chi connectivity index (χ4n) is 1.21. The largest absolute Gasteiger partial charge is 0.491 e. The lowest BCUT2D eigenvalue weighted by atomic mass is 10.2. The number of carbonyl (C=O) groups excluding carboxylic acids is 1. The molecule has 0 unspecified atom stereocenters. The molecule has 1 aromatic rings. The molecule has 17 heavy (non-hydrogen) atoms. The van der Waals surface area contributed by atoms with Gasteiger partial charge < -0.3 is 14.4 Å². The van der Waals surface area contributed by atoms with Crippen LogP contribution < -0.4 is 4.74 Å². The summed E-state index contributed by atoms with van der Waals surface area (Å²) >= 11 is 0. The predicted molar refractivity (Wildman–Crippen MR) is 66.7 cm³/mol. The van der Waals surface area contributed by atoms with E-state index < -0.39 is 0 Å². The van der Waals surface area contributed by atoms with Gasteiger partial charge in [-0.1, -0.05) is 0 Å². The molecule has 0 N–H and O–H groups in total. The third-order valence-electron chi connectivity index (χ3n) is 2.20. The van der Waals surface area contributed by atoms with Crippen LogP contribution in [-0.4, -0.2) is 51.6 Å². The van der Waals surface area contributed by atoms with Crippen LogP contribution in [0.2, 0.25) is 0 Å². The highest BCUT2D eigenvalue weighted by Crippen LogP contribution is 2.10. The summed E-state index contributed by atoms with van der Waals surface area (Å²) in [4.78, 5) is 12.5. The van der Waals surface area contributed by atoms with E-state index in [2.05, 4.69) is 4.90 Å². The maximum absolute atomic E-state index is 10.4. The van der Waals surface area contributed by atoms with E-state index in [-0.39, 0.29) is 0 Å². The molecule has 0 heterocycles. The van der Waals surface area contributed by atoms with Crippen LogP contribution in [0.1, 0.15) is 10.4 Å². The second-order valence-corrected chi connectivity index (χ2v) is 3.95. The highest BCUT2D eigenvalue weighted by molar-refractivity contribution is 5.74. The summed E-state index contributed by atoms with van der Waals surface area (Å²) in [6, 6.07) is 7.03. The van der Waals surface area contributed by atoms with Crippen molar-refractivity contribution in [3.05, 3.63) is 29.8 Å². The van der Waals surface area contributed by atoms with Crippen molar-refractivity contribution < 1.29 is 14.3 Å². The maximum Gasteiger partial charge on any atom is 0.150 e. The van der Waals surface area contributed by atoms with Crippen molar-refractivity contribution in [3.63, 3.8) is 0 Å². The minimum atomic E-state index is 0.522. The van der Waals surface area contributed by atoms with Gasteiger partial charge >= 0.3 is 0 Å². The lowest BCUT2D eigenvalue weighted by molar-refractivity contribution is 0.0890. The van der Waals surface area contributed by atoms with E-state index in [0.717, 1.165) is 18.6 Å². The molecular weight excluding hydrogens is 218 g/mol. The lowest BCUT2D eigenvalue weighted by Gasteiger charge is -2.10. The van der Waals surface area contributed by atoms with Crippen LogP contribution in [-0.2, 0) is 4.74 Å². The fourth-order valence-corrected chi connectivity index (χ4v) is 1.21. The smallest absolute Gasteiger partial charge is 0.150 e. The SMILES string of the molecule is CN(C)CCOCCOc1ccc(C=O)cc1. The molecule has 0 amide bonds. The summed E-state index contributed by atoms with van der Waals surface area (Å²) in [7, 11) is 4.02. The molecule has 0 radical (unpaired) electrons. The van der Waals surface area contributed by atoms with Crippen molar-refractivity contribution in [2.45, 2.75) is 0 Å². The number of rotatable bonds is 8. The normalized spacial score (nSPS) is 10.5. The third kappa shape index (κ3) is 6.04. The first kappa shape index (κ1) is 13.7. The van der Waals surface area contributed by atoms with Crippen molar-refractivity contribution in [3.8, 4) is 5.75 Å². The van der Waals surface area contributed by atoms with Crippen LogP contribution in [0.5, 0.6) is 5.75 Å². The minimum absolute atomic E-state index is 0.522. The van der Waals surface area contributed by atoms with Crippen LogP contribution in [0.4, 0.5) is 0 Å². The van der Waals surface area contributed by atoms with Crippen molar-refractivity contribution >= 4 is 6.29 Å². The van der Waals surface area contributed by atoms with E-state index in [1.165, 1.54) is 0 Å². The zero-order chi connectivity index (χ0) is 12.5. The molecule has 0 aliphatic carbocycles. The number of ether oxygens (including phenoxy) is 2. The quantitative estimate of drug-likeness (QED) is 0.507. The third-order valence-corrected chi connectivity index (χ3v) is 2.20. The number of hydrogen-bond donors (Lipinski definition) is 0. The standard InChI is InChI=1S/C13H19NO3/c1-14(2)7-8-16-9-10-17-13-5-3-12(11-15)4-6-13/h3-6,11H,7-10H2,1-2H3. The fraction of sp³-hybridized carbons (Fsp3) is 0.462. The van der Waals surface area contributed by atoms with Crippen LogP contribution in [0.25, 0.3) is 0 Å². The summed E-state index contributed by atoms with van der Waals surface area (Å²) in [6.45, 7) is 2.71. The van der Waals surface area contributed by atoms with Gasteiger partial charge in [-0.15, -0.1) is 0 Å². The van der Waals surface area contributed by atoms with E-state index in [4.69, 9.17) is 9.47 Å². The van der Waals surface area contributed by atoms with Crippen molar-refractivity contribution in [2.24, 2.45) is 0 Å². The molecule has 1 aromatic carbocycles. The second kappa shape index (κ2) is 7.81. The Hall–Kier alpha value is -1.39. The number of likely N-dealkylation sites (N-methyl/N-ethyl adjacent to an activating group) is 1. The van der Waals surface area contributed by atoms with Crippen LogP contribution in [0.3, 0.4) is 0 Å². The molecule has 0 aliphatic heterocycles. The zero-order valence-electron chi connectivity index (χ0n) is 10.4. The van der Waals surface area contributed by atoms with Gasteiger partial charge in [-0.3, -0.25) is 4.79 Å². The highest BCUT2D eigenvalue weighted by Gasteiger charge is 1.95. The van der Waals surface area contributed by atoms with Gasteiger partial charge in [0.2, 0.25) is 0 Å². The average molecular weight is 237 g/mol. The van der Waals surface area contributed by atoms with Gasteiger partial charge in [-0.05, 0) is 38.4 Å². The number of hydrogen-bond acceptors (Lipinski definition) is 4. The molecule has 0 bridgehead atoms. The van der Waals surface area contributed by atoms with E-state index in [0.29, 0.717) is 25.4 Å². The van der Waals surface area contributed by atoms with Gasteiger partial charge in [0.15, 0.2) is 0 Å². The first-order valence-electron chi connectivity index (χ1n) is 5.63. The Morgan fingerprint density at radius 1 is 1.12 bits per heavy atom. The molecular formula is C13H19NO3. The predicted octanol–water partition coefficient (Wildman–Crippen LogP) is 1.46. The van der Waals surface area contributed by atoms with E-state index in [9.17, 15) is 4.79 Å². The number of aldehydes is 1. The Morgan fingerprint density at radius 2 is 1.82 bits per heavy atom. The minimum Gasteiger partial charge on any atom is -0.491 e. The Balaban J connectivity index is 2.11. The van der Waals surface area contributed by atoms with Gasteiger partial charge in [0.1, 0.15) is 18.6 Å². The molecule has 94 valence electrons. The molecule has 0 saturated heterocycles. The molecule has 4 heteroatoms. The number of nitrogens with zero attached hydrogens (tertiary/aromatic N) is 1. The first-order chi connectivity index (χ1) is 8.22. The van der Waals surface area contributed by atoms with Gasteiger partial charge in [0, 0.05) is 12.1 Å². The highest BCUT2D eigenvalue weighted by atomic mass is 16.5. The van der Waals surface area contributed by atoms with E-state index in [1.54, 1.807) is 24.3 Å². The summed E-state index contributed by atoms with van der Waals surface area (Å²) in [5, 5.41) is 0. The number of carbonyl (C=O) groups is 1. The summed E-state index contributed by atoms with van der Waals surface area (Å²) < 4.78 is 10.8. The van der Waals surface area contributed by atoms with Gasteiger partial charge in [0.25, 0.3) is 0 Å². The monoisotopic (exact) mass is 237 g/mol. The van der Waals surface area contributed by atoms with Gasteiger partial charge in [-0.2, -0.15) is 0 Å². The maximum atomic E-state index is 10.4. The van der Waals surface area contributed by atoms with E-state index >= 15 is 0 Å². The lowest BCUT2D eigenvalue weighted by Crippen LogP contribution is -2.19. The van der Waals surface area contributed by atoms with Gasteiger partial charge in [0.05, 0.1) is 13.2 Å². The molecule has 0 aliphatic rings. The Kier molecular flexibility index (Phi) is 6.29. The molecule has 4 nitrogen and oxygen atoms in total. The van der Waals surface area contributed by atoms with Crippen molar-refractivity contribution in [1.82, 2.24) is 4.90 Å². The molecule has 0 spiro atoms. The summed E-state index contributed by atoms with van der Waals surface area (Å²) in [5.41, 5.74) is 0.652. The second-order valence-electron chi connectivity index (χ2n) is 3.95. The Labute approximate surface area is 102 Å². The zero-order valence-corrected chi connectivity index (χ0v) is 10.4. The van der Waals surface area contributed by atoms with E-state index in [1.807, 2.05) is 14.1 Å². The van der Waals surface area contributed by atoms with Crippen LogP contribution in [0, 0.1) is 0 Å². The molecule has 0 aromatic heterocycles. The summed E-state index contributed by atoms with van der Waals surface area (Å²) in [5.74, 6) is 0.756. The molecule has 0 atom stereocenters. The number of benzene rings is 1. The van der Waals surface area contributed by atoms with Crippen molar-refractivity contribution in [1.29, 1.82) is 0 Å². The van der Waals surface area contributed by atoms with Crippen molar-refractivity contribution in [2.75, 3.05) is 40.5 Å². The van der Waals surface area contributed by atoms with Crippen LogP contribution >= 0.6 is 0 Å². The van der Waals surface area contributed by atoms with Gasteiger partial charge in [-0.25, -0.2) is 0 Å². The summed E-state index contributed by atoms with van der Waals surface area (Å²) in [6.07, 6.45) is 0.814. The Bertz CT molecular complexity index is 322. The van der Waals surface area contributed by atoms with Crippen LogP contribution in [0.15, 0.2) is 24.3 Å². The Morgan fingerprint density at radius 3 is 2.41 bits per heavy atom. The molecule has 0 saturated carbocycles. The molecule has 1 rings (SSSR count). The average Bonchev–Trinajstić information content (AvgIpc) is 2.34. The first-order valence-corrected chi connectivity index (χ1v) is 5.63. The topological polar surface area (TPSA) is 38.8 Å².